The number of nitrogens with zero attached hydrogens (tertiary/aromatic N) is 2. The van der Waals surface area contributed by atoms with Gasteiger partial charge in [0.1, 0.15) is 0 Å². The van der Waals surface area contributed by atoms with E-state index in [0.717, 1.165) is 0 Å². The van der Waals surface area contributed by atoms with Crippen molar-refractivity contribution in [2.45, 2.75) is 31.2 Å². The molecule has 110 valence electrons. The van der Waals surface area contributed by atoms with E-state index in [1.807, 2.05) is 38.9 Å². The van der Waals surface area contributed by atoms with Gasteiger partial charge in [-0.3, -0.25) is 0 Å². The number of hydrogen-bond acceptors (Lipinski definition) is 4. The average Bonchev–Trinajstić information content (AvgIpc) is 2.36. The molecule has 6 heteroatoms. The zero-order valence-electron chi connectivity index (χ0n) is 12.6. The largest absolute Gasteiger partial charge is 0.303 e. The highest BCUT2D eigenvalue weighted by molar-refractivity contribution is 7.89. The van der Waals surface area contributed by atoms with Crippen molar-refractivity contribution in [3.8, 4) is 6.07 Å². The Morgan fingerprint density at radius 3 is 2.40 bits per heavy atom. The molecule has 0 aliphatic rings. The van der Waals surface area contributed by atoms with Gasteiger partial charge in [-0.2, -0.15) is 5.26 Å². The molecule has 0 radical (unpaired) electrons. The van der Waals surface area contributed by atoms with Crippen molar-refractivity contribution >= 4 is 10.0 Å². The van der Waals surface area contributed by atoms with Crippen molar-refractivity contribution in [1.29, 1.82) is 5.26 Å². The summed E-state index contributed by atoms with van der Waals surface area (Å²) < 4.78 is 27.1. The summed E-state index contributed by atoms with van der Waals surface area (Å²) in [7, 11) is 0.245. The molecule has 0 unspecified atom stereocenters. The Kier molecular flexibility index (Phi) is 4.92. The maximum atomic E-state index is 12.2. The molecule has 1 aromatic carbocycles. The van der Waals surface area contributed by atoms with Gasteiger partial charge in [0.15, 0.2) is 0 Å². The number of nitriles is 1. The zero-order valence-corrected chi connectivity index (χ0v) is 13.4. The molecule has 0 aromatic heterocycles. The third-order valence-electron chi connectivity index (χ3n) is 3.53. The van der Waals surface area contributed by atoms with Crippen molar-refractivity contribution in [2.75, 3.05) is 20.6 Å². The van der Waals surface area contributed by atoms with Crippen LogP contribution in [0.1, 0.15) is 25.0 Å². The smallest absolute Gasteiger partial charge is 0.240 e. The van der Waals surface area contributed by atoms with Crippen LogP contribution >= 0.6 is 0 Å². The van der Waals surface area contributed by atoms with Crippen molar-refractivity contribution in [3.05, 3.63) is 29.3 Å². The predicted octanol–water partition coefficient (Wildman–Crippen LogP) is 1.49. The van der Waals surface area contributed by atoms with Gasteiger partial charge in [-0.15, -0.1) is 0 Å². The molecule has 0 spiro atoms. The molecule has 0 aliphatic heterocycles. The van der Waals surface area contributed by atoms with E-state index in [2.05, 4.69) is 4.72 Å². The van der Waals surface area contributed by atoms with Crippen LogP contribution < -0.4 is 4.72 Å². The van der Waals surface area contributed by atoms with E-state index in [1.165, 1.54) is 18.2 Å². The summed E-state index contributed by atoms with van der Waals surface area (Å²) in [6.07, 6.45) is 0. The molecule has 0 bridgehead atoms. The van der Waals surface area contributed by atoms with Gasteiger partial charge in [-0.25, -0.2) is 13.1 Å². The minimum Gasteiger partial charge on any atom is -0.303 e. The Labute approximate surface area is 121 Å². The fraction of sp³-hybridized carbons (Fsp3) is 0.500. The second-order valence-electron chi connectivity index (χ2n) is 5.62. The summed E-state index contributed by atoms with van der Waals surface area (Å²) in [6, 6.07) is 6.52. The summed E-state index contributed by atoms with van der Waals surface area (Å²) in [6.45, 7) is 5.95. The van der Waals surface area contributed by atoms with Gasteiger partial charge in [0.05, 0.1) is 16.5 Å². The van der Waals surface area contributed by atoms with Crippen LogP contribution in [0.15, 0.2) is 23.1 Å². The molecule has 0 aliphatic carbocycles. The second kappa shape index (κ2) is 5.92. The van der Waals surface area contributed by atoms with Crippen LogP contribution in [-0.2, 0) is 10.0 Å². The first kappa shape index (κ1) is 16.6. The molecule has 0 saturated carbocycles. The monoisotopic (exact) mass is 295 g/mol. The Morgan fingerprint density at radius 2 is 1.95 bits per heavy atom. The predicted molar refractivity (Wildman–Crippen MR) is 78.8 cm³/mol. The van der Waals surface area contributed by atoms with Crippen LogP contribution in [0, 0.1) is 18.3 Å². The third kappa shape index (κ3) is 3.79. The molecule has 1 aromatic rings. The lowest BCUT2D eigenvalue weighted by molar-refractivity contribution is 0.199. The molecule has 0 heterocycles. The summed E-state index contributed by atoms with van der Waals surface area (Å²) in [4.78, 5) is 2.14. The zero-order chi connectivity index (χ0) is 15.6. The highest BCUT2D eigenvalue weighted by Crippen LogP contribution is 2.16. The molecule has 20 heavy (non-hydrogen) atoms. The fourth-order valence-electron chi connectivity index (χ4n) is 1.44. The molecular formula is C14H21N3O2S. The van der Waals surface area contributed by atoms with Crippen molar-refractivity contribution in [1.82, 2.24) is 9.62 Å². The topological polar surface area (TPSA) is 73.2 Å². The fourth-order valence-corrected chi connectivity index (χ4v) is 2.73. The van der Waals surface area contributed by atoms with Crippen LogP contribution in [0.4, 0.5) is 0 Å². The maximum absolute atomic E-state index is 12.2. The van der Waals surface area contributed by atoms with E-state index in [0.29, 0.717) is 17.7 Å². The lowest BCUT2D eigenvalue weighted by Gasteiger charge is -2.32. The summed E-state index contributed by atoms with van der Waals surface area (Å²) >= 11 is 0. The third-order valence-corrected chi connectivity index (χ3v) is 4.93. The number of likely N-dealkylation sites (N-methyl/N-ethyl adjacent to an activating group) is 1. The van der Waals surface area contributed by atoms with E-state index < -0.39 is 10.0 Å². The molecule has 1 N–H and O–H groups in total. The van der Waals surface area contributed by atoms with Gasteiger partial charge < -0.3 is 4.90 Å². The number of hydrogen-bond donors (Lipinski definition) is 1. The van der Waals surface area contributed by atoms with Crippen LogP contribution in [-0.4, -0.2) is 39.5 Å². The minimum absolute atomic E-state index is 0.184. The van der Waals surface area contributed by atoms with Crippen molar-refractivity contribution in [2.24, 2.45) is 0 Å². The highest BCUT2D eigenvalue weighted by atomic mass is 32.2. The van der Waals surface area contributed by atoms with E-state index >= 15 is 0 Å². The summed E-state index contributed by atoms with van der Waals surface area (Å²) in [5.74, 6) is 0. The van der Waals surface area contributed by atoms with Gasteiger partial charge in [0, 0.05) is 12.1 Å². The van der Waals surface area contributed by atoms with E-state index in [1.54, 1.807) is 6.92 Å². The van der Waals surface area contributed by atoms with Crippen LogP contribution in [0.25, 0.3) is 0 Å². The normalized spacial score (nSPS) is 12.4. The van der Waals surface area contributed by atoms with Gasteiger partial charge >= 0.3 is 0 Å². The lowest BCUT2D eigenvalue weighted by Crippen LogP contribution is -2.48. The Hall–Kier alpha value is -1.42. The summed E-state index contributed by atoms with van der Waals surface area (Å²) in [5, 5.41) is 8.86. The molecule has 0 atom stereocenters. The summed E-state index contributed by atoms with van der Waals surface area (Å²) in [5.41, 5.74) is 0.856. The molecule has 0 saturated heterocycles. The number of benzene rings is 1. The van der Waals surface area contributed by atoms with Gasteiger partial charge in [0.2, 0.25) is 10.0 Å². The minimum atomic E-state index is -3.56. The Morgan fingerprint density at radius 1 is 1.35 bits per heavy atom. The SMILES string of the molecule is Cc1cc(S(=O)(=O)NCC(C)(C)N(C)C)ccc1C#N. The van der Waals surface area contributed by atoms with E-state index in [9.17, 15) is 8.42 Å². The first-order valence-corrected chi connectivity index (χ1v) is 7.76. The Bertz CT molecular complexity index is 628. The first-order chi connectivity index (χ1) is 9.10. The van der Waals surface area contributed by atoms with Crippen LogP contribution in [0.2, 0.25) is 0 Å². The molecular weight excluding hydrogens is 274 g/mol. The van der Waals surface area contributed by atoms with E-state index in [-0.39, 0.29) is 10.4 Å². The quantitative estimate of drug-likeness (QED) is 0.893. The average molecular weight is 295 g/mol. The van der Waals surface area contributed by atoms with E-state index in [4.69, 9.17) is 5.26 Å². The van der Waals surface area contributed by atoms with Crippen LogP contribution in [0.3, 0.4) is 0 Å². The second-order valence-corrected chi connectivity index (χ2v) is 7.39. The number of rotatable bonds is 5. The van der Waals surface area contributed by atoms with Crippen molar-refractivity contribution < 1.29 is 8.42 Å². The number of aryl methyl sites for hydroxylation is 1. The van der Waals surface area contributed by atoms with Crippen LogP contribution in [0.5, 0.6) is 0 Å². The number of nitrogens with one attached hydrogen (secondary N) is 1. The maximum Gasteiger partial charge on any atom is 0.240 e. The molecule has 5 nitrogen and oxygen atoms in total. The molecule has 0 amide bonds. The highest BCUT2D eigenvalue weighted by Gasteiger charge is 2.24. The van der Waals surface area contributed by atoms with Gasteiger partial charge in [-0.1, -0.05) is 0 Å². The van der Waals surface area contributed by atoms with Gasteiger partial charge in [-0.05, 0) is 58.6 Å². The molecule has 1 rings (SSSR count). The van der Waals surface area contributed by atoms with Gasteiger partial charge in [0.25, 0.3) is 0 Å². The number of sulfonamides is 1. The standard InChI is InChI=1S/C14H21N3O2S/c1-11-8-13(7-6-12(11)9-15)20(18,19)16-10-14(2,3)17(4)5/h6-8,16H,10H2,1-5H3. The molecule has 0 fully saturated rings. The lowest BCUT2D eigenvalue weighted by atomic mass is 10.1. The Balaban J connectivity index is 2.96. The van der Waals surface area contributed by atoms with Crippen molar-refractivity contribution in [3.63, 3.8) is 0 Å². The first-order valence-electron chi connectivity index (χ1n) is 6.28.